The molecule has 0 amide bonds. The smallest absolute Gasteiger partial charge is 0.119 e. The van der Waals surface area contributed by atoms with Gasteiger partial charge in [0.25, 0.3) is 0 Å². The van der Waals surface area contributed by atoms with Crippen LogP contribution in [-0.2, 0) is 6.54 Å². The molecule has 0 saturated carbocycles. The Morgan fingerprint density at radius 1 is 0.955 bits per heavy atom. The van der Waals surface area contributed by atoms with Crippen molar-refractivity contribution in [2.75, 3.05) is 18.6 Å². The van der Waals surface area contributed by atoms with Gasteiger partial charge in [-0.25, -0.2) is 0 Å². The molecule has 0 radical (unpaired) electrons. The van der Waals surface area contributed by atoms with Crippen LogP contribution in [0.25, 0.3) is 0 Å². The van der Waals surface area contributed by atoms with Crippen molar-refractivity contribution in [3.8, 4) is 5.75 Å². The topological polar surface area (TPSA) is 12.5 Å². The van der Waals surface area contributed by atoms with Crippen molar-refractivity contribution in [2.24, 2.45) is 5.41 Å². The molecule has 2 aromatic rings. The normalized spacial score (nSPS) is 11.3. The molecule has 0 fully saturated rings. The summed E-state index contributed by atoms with van der Waals surface area (Å²) < 4.78 is 6.37. The van der Waals surface area contributed by atoms with Crippen LogP contribution in [0.1, 0.15) is 26.3 Å². The van der Waals surface area contributed by atoms with E-state index in [1.807, 2.05) is 12.1 Å². The molecule has 3 heteroatoms. The van der Waals surface area contributed by atoms with E-state index in [0.717, 1.165) is 23.3 Å². The van der Waals surface area contributed by atoms with Gasteiger partial charge >= 0.3 is 0 Å². The zero-order valence-corrected chi connectivity index (χ0v) is 15.4. The molecule has 0 atom stereocenters. The Labute approximate surface area is 142 Å². The van der Waals surface area contributed by atoms with Crippen LogP contribution >= 0.6 is 15.9 Å². The monoisotopic (exact) mass is 361 g/mol. The van der Waals surface area contributed by atoms with Crippen LogP contribution in [0.3, 0.4) is 0 Å². The number of anilines is 1. The number of benzene rings is 2. The molecule has 0 bridgehead atoms. The summed E-state index contributed by atoms with van der Waals surface area (Å²) in [5.74, 6) is 0.892. The zero-order valence-electron chi connectivity index (χ0n) is 13.8. The molecule has 0 aliphatic heterocycles. The number of ether oxygens (including phenoxy) is 1. The summed E-state index contributed by atoms with van der Waals surface area (Å²) in [6.07, 6.45) is 0. The largest absolute Gasteiger partial charge is 0.497 e. The molecule has 0 aromatic heterocycles. The van der Waals surface area contributed by atoms with Gasteiger partial charge in [-0.05, 0) is 47.4 Å². The van der Waals surface area contributed by atoms with Crippen molar-refractivity contribution >= 4 is 21.6 Å². The lowest BCUT2D eigenvalue weighted by molar-refractivity contribution is 0.407. The fourth-order valence-electron chi connectivity index (χ4n) is 2.41. The fourth-order valence-corrected chi connectivity index (χ4v) is 2.68. The van der Waals surface area contributed by atoms with Crippen LogP contribution in [0.2, 0.25) is 0 Å². The first kappa shape index (κ1) is 16.9. The quantitative estimate of drug-likeness (QED) is 0.695. The fraction of sp³-hybridized carbons (Fsp3) is 0.368. The van der Waals surface area contributed by atoms with E-state index in [0.29, 0.717) is 0 Å². The van der Waals surface area contributed by atoms with Gasteiger partial charge in [-0.15, -0.1) is 0 Å². The number of hydrogen-bond donors (Lipinski definition) is 0. The van der Waals surface area contributed by atoms with E-state index in [1.54, 1.807) is 7.11 Å². The number of hydrogen-bond acceptors (Lipinski definition) is 2. The van der Waals surface area contributed by atoms with Gasteiger partial charge in [0.15, 0.2) is 0 Å². The minimum absolute atomic E-state index is 0.231. The van der Waals surface area contributed by atoms with Crippen molar-refractivity contribution < 1.29 is 4.74 Å². The highest BCUT2D eigenvalue weighted by atomic mass is 79.9. The van der Waals surface area contributed by atoms with Crippen LogP contribution in [-0.4, -0.2) is 13.7 Å². The lowest BCUT2D eigenvalue weighted by atomic mass is 9.95. The molecule has 0 aliphatic carbocycles. The average molecular weight is 362 g/mol. The summed E-state index contributed by atoms with van der Waals surface area (Å²) >= 11 is 3.49. The Morgan fingerprint density at radius 2 is 1.55 bits per heavy atom. The molecule has 2 nitrogen and oxygen atoms in total. The summed E-state index contributed by atoms with van der Waals surface area (Å²) in [5.41, 5.74) is 2.76. The number of nitrogens with zero attached hydrogens (tertiary/aromatic N) is 1. The number of methoxy groups -OCH3 is 1. The van der Waals surface area contributed by atoms with E-state index < -0.39 is 0 Å². The molecule has 2 aromatic carbocycles. The molecule has 0 N–H and O–H groups in total. The molecular formula is C19H24BrNO. The third-order valence-electron chi connectivity index (χ3n) is 3.39. The first-order valence-corrected chi connectivity index (χ1v) is 8.30. The van der Waals surface area contributed by atoms with Gasteiger partial charge in [0, 0.05) is 23.2 Å². The standard InChI is InChI=1S/C19H24BrNO/c1-19(2,3)14-21(13-15-5-7-16(20)8-6-15)17-9-11-18(22-4)12-10-17/h5-12H,13-14H2,1-4H3. The first-order valence-electron chi connectivity index (χ1n) is 7.51. The van der Waals surface area contributed by atoms with Gasteiger partial charge in [0.1, 0.15) is 5.75 Å². The summed E-state index contributed by atoms with van der Waals surface area (Å²) in [6.45, 7) is 8.70. The Morgan fingerprint density at radius 3 is 2.05 bits per heavy atom. The van der Waals surface area contributed by atoms with E-state index in [1.165, 1.54) is 11.3 Å². The van der Waals surface area contributed by atoms with Gasteiger partial charge < -0.3 is 9.64 Å². The van der Waals surface area contributed by atoms with E-state index in [-0.39, 0.29) is 5.41 Å². The summed E-state index contributed by atoms with van der Waals surface area (Å²) in [6, 6.07) is 16.8. The maximum atomic E-state index is 5.26. The van der Waals surface area contributed by atoms with Gasteiger partial charge in [-0.1, -0.05) is 48.8 Å². The number of rotatable bonds is 5. The maximum Gasteiger partial charge on any atom is 0.119 e. The minimum atomic E-state index is 0.231. The van der Waals surface area contributed by atoms with Gasteiger partial charge in [0.2, 0.25) is 0 Å². The Balaban J connectivity index is 2.23. The second-order valence-corrected chi connectivity index (χ2v) is 7.66. The van der Waals surface area contributed by atoms with E-state index in [9.17, 15) is 0 Å². The second-order valence-electron chi connectivity index (χ2n) is 6.74. The summed E-state index contributed by atoms with van der Waals surface area (Å²) in [5, 5.41) is 0. The van der Waals surface area contributed by atoms with E-state index >= 15 is 0 Å². The molecule has 0 heterocycles. The molecule has 2 rings (SSSR count). The molecule has 0 unspecified atom stereocenters. The Bertz CT molecular complexity index is 584. The van der Waals surface area contributed by atoms with Crippen LogP contribution in [0, 0.1) is 5.41 Å². The van der Waals surface area contributed by atoms with E-state index in [4.69, 9.17) is 4.74 Å². The Kier molecular flexibility index (Phi) is 5.52. The highest BCUT2D eigenvalue weighted by Gasteiger charge is 2.17. The lowest BCUT2D eigenvalue weighted by Crippen LogP contribution is -2.32. The molecule has 0 spiro atoms. The van der Waals surface area contributed by atoms with Crippen LogP contribution < -0.4 is 9.64 Å². The average Bonchev–Trinajstić information content (AvgIpc) is 2.48. The van der Waals surface area contributed by atoms with Crippen molar-refractivity contribution in [3.05, 3.63) is 58.6 Å². The van der Waals surface area contributed by atoms with E-state index in [2.05, 4.69) is 78.0 Å². The first-order chi connectivity index (χ1) is 10.4. The van der Waals surface area contributed by atoms with Crippen molar-refractivity contribution in [1.29, 1.82) is 0 Å². The maximum absolute atomic E-state index is 5.26. The lowest BCUT2D eigenvalue weighted by Gasteiger charge is -2.32. The molecular weight excluding hydrogens is 338 g/mol. The highest BCUT2D eigenvalue weighted by Crippen LogP contribution is 2.26. The minimum Gasteiger partial charge on any atom is -0.497 e. The number of halogens is 1. The summed E-state index contributed by atoms with van der Waals surface area (Å²) in [4.78, 5) is 2.42. The van der Waals surface area contributed by atoms with Gasteiger partial charge in [-0.2, -0.15) is 0 Å². The van der Waals surface area contributed by atoms with Gasteiger partial charge in [0.05, 0.1) is 7.11 Å². The Hall–Kier alpha value is -1.48. The third kappa shape index (κ3) is 5.06. The molecule has 0 aliphatic rings. The van der Waals surface area contributed by atoms with Crippen LogP contribution in [0.5, 0.6) is 5.75 Å². The van der Waals surface area contributed by atoms with Crippen molar-refractivity contribution in [2.45, 2.75) is 27.3 Å². The van der Waals surface area contributed by atoms with Crippen LogP contribution in [0.4, 0.5) is 5.69 Å². The SMILES string of the molecule is COc1ccc(N(Cc2ccc(Br)cc2)CC(C)(C)C)cc1. The predicted molar refractivity (Wildman–Crippen MR) is 97.6 cm³/mol. The predicted octanol–water partition coefficient (Wildman–Crippen LogP) is 5.51. The second kappa shape index (κ2) is 7.19. The zero-order chi connectivity index (χ0) is 16.2. The third-order valence-corrected chi connectivity index (χ3v) is 3.92. The van der Waals surface area contributed by atoms with Crippen LogP contribution in [0.15, 0.2) is 53.0 Å². The van der Waals surface area contributed by atoms with Gasteiger partial charge in [-0.3, -0.25) is 0 Å². The molecule has 0 saturated heterocycles. The molecule has 118 valence electrons. The van der Waals surface area contributed by atoms with Crippen molar-refractivity contribution in [1.82, 2.24) is 0 Å². The summed E-state index contributed by atoms with van der Waals surface area (Å²) in [7, 11) is 1.70. The molecule has 22 heavy (non-hydrogen) atoms. The van der Waals surface area contributed by atoms with Crippen molar-refractivity contribution in [3.63, 3.8) is 0 Å². The highest BCUT2D eigenvalue weighted by molar-refractivity contribution is 9.10.